The zero-order chi connectivity index (χ0) is 42.7. The van der Waals surface area contributed by atoms with Crippen LogP contribution in [-0.2, 0) is 28.2 Å². The minimum Gasteiger partial charge on any atom is -0.147 e. The Labute approximate surface area is 393 Å². The first kappa shape index (κ1) is 49.5. The van der Waals surface area contributed by atoms with Gasteiger partial charge in [-0.1, -0.05) is 0 Å². The van der Waals surface area contributed by atoms with Crippen LogP contribution in [0.5, 0.6) is 0 Å². The van der Waals surface area contributed by atoms with E-state index in [0.29, 0.717) is 18.1 Å². The van der Waals surface area contributed by atoms with Crippen LogP contribution in [0.2, 0.25) is 9.26 Å². The Hall–Kier alpha value is -1.96. The summed E-state index contributed by atoms with van der Waals surface area (Å²) in [6.07, 6.45) is 24.7. The summed E-state index contributed by atoms with van der Waals surface area (Å²) in [5, 5.41) is 0. The van der Waals surface area contributed by atoms with E-state index < -0.39 is 17.4 Å². The minimum atomic E-state index is -4.02. The van der Waals surface area contributed by atoms with Crippen LogP contribution < -0.4 is 0 Å². The summed E-state index contributed by atoms with van der Waals surface area (Å²) in [7, 11) is 0. The summed E-state index contributed by atoms with van der Waals surface area (Å²) in [4.78, 5) is 0. The standard InChI is InChI=1S/2C28H35.2CH3.2ClH.H2Si.Zr/c2*1-27(2,3)26-15-8-7-13-24(26)23-14-11-12-22-18-21(19-25(22)23)20-28(4)16-9-5-6-10-17-28;;;;;;/h2*7-8,11-15,18-19H,5-6,9-10,16-17,20H2,1-4H3;2*1H3;2*1H;1H2;. The molecule has 4 aromatic rings. The summed E-state index contributed by atoms with van der Waals surface area (Å²) < 4.78 is 6.87. The van der Waals surface area contributed by atoms with Gasteiger partial charge in [-0.15, -0.1) is 24.8 Å². The second kappa shape index (κ2) is 18.4. The molecule has 0 amide bonds. The maximum atomic E-state index is 2.93. The molecule has 0 spiro atoms. The van der Waals surface area contributed by atoms with Gasteiger partial charge in [0.15, 0.2) is 0 Å². The fourth-order valence-corrected chi connectivity index (χ4v) is 33.0. The van der Waals surface area contributed by atoms with Crippen molar-refractivity contribution in [2.24, 2.45) is 10.8 Å². The van der Waals surface area contributed by atoms with Gasteiger partial charge in [0.05, 0.1) is 0 Å². The normalized spacial score (nSPS) is 21.3. The topological polar surface area (TPSA) is 0 Å². The predicted molar refractivity (Wildman–Crippen MR) is 278 cm³/mol. The molecule has 4 aliphatic rings. The molecule has 0 aliphatic heterocycles. The predicted octanol–water partition coefficient (Wildman–Crippen LogP) is 17.9. The van der Waals surface area contributed by atoms with Gasteiger partial charge in [0.1, 0.15) is 0 Å². The van der Waals surface area contributed by atoms with E-state index in [4.69, 9.17) is 0 Å². The van der Waals surface area contributed by atoms with Crippen molar-refractivity contribution in [3.05, 3.63) is 129 Å². The van der Waals surface area contributed by atoms with E-state index in [9.17, 15) is 0 Å². The van der Waals surface area contributed by atoms with Crippen molar-refractivity contribution < 1.29 is 17.4 Å². The summed E-state index contributed by atoms with van der Waals surface area (Å²) in [5.41, 5.74) is 19.4. The quantitative estimate of drug-likeness (QED) is 0.122. The molecule has 4 aromatic carbocycles. The molecule has 334 valence electrons. The van der Waals surface area contributed by atoms with E-state index >= 15 is 0 Å². The van der Waals surface area contributed by atoms with Crippen molar-refractivity contribution in [3.8, 4) is 22.3 Å². The summed E-state index contributed by atoms with van der Waals surface area (Å²) in [5.74, 6) is 0. The van der Waals surface area contributed by atoms with Crippen LogP contribution in [0.25, 0.3) is 34.4 Å². The molecule has 0 nitrogen and oxygen atoms in total. The molecule has 2 unspecified atom stereocenters. The Morgan fingerprint density at radius 2 is 0.806 bits per heavy atom. The van der Waals surface area contributed by atoms with Crippen LogP contribution in [0, 0.1) is 10.8 Å². The van der Waals surface area contributed by atoms with Gasteiger partial charge in [0.2, 0.25) is 0 Å². The van der Waals surface area contributed by atoms with Crippen LogP contribution in [-0.4, -0.2) is 6.88 Å². The number of hydrogen-bond donors (Lipinski definition) is 0. The van der Waals surface area contributed by atoms with E-state index in [1.165, 1.54) is 134 Å². The second-order valence-electron chi connectivity index (χ2n) is 24.3. The van der Waals surface area contributed by atoms with Crippen LogP contribution >= 0.6 is 24.8 Å². The summed E-state index contributed by atoms with van der Waals surface area (Å²) >= 11 is -4.02. The van der Waals surface area contributed by atoms with Crippen molar-refractivity contribution in [2.45, 2.75) is 173 Å². The van der Waals surface area contributed by atoms with Crippen molar-refractivity contribution >= 4 is 43.8 Å². The Morgan fingerprint density at radius 3 is 1.15 bits per heavy atom. The van der Waals surface area contributed by atoms with Crippen LogP contribution in [0.4, 0.5) is 0 Å². The Kier molecular flexibility index (Phi) is 14.7. The maximum absolute atomic E-state index is 4.02. The number of hydrogen-bond acceptors (Lipinski definition) is 0. The number of benzene rings is 4. The Bertz CT molecular complexity index is 2220. The number of fused-ring (bicyclic) bond motifs is 2. The zero-order valence-corrected chi connectivity index (χ0v) is 45.8. The summed E-state index contributed by atoms with van der Waals surface area (Å²) in [6.45, 7) is 22.3. The molecular weight excluding hydrogens is 887 g/mol. The second-order valence-corrected chi connectivity index (χ2v) is 54.7. The fourth-order valence-electron chi connectivity index (χ4n) is 13.4. The first-order valence-corrected chi connectivity index (χ1v) is 37.9. The van der Waals surface area contributed by atoms with E-state index in [2.05, 4.69) is 169 Å². The largest absolute Gasteiger partial charge is 0.147 e. The average molecular weight is 967 g/mol. The van der Waals surface area contributed by atoms with Crippen molar-refractivity contribution in [3.63, 3.8) is 0 Å². The van der Waals surface area contributed by atoms with Gasteiger partial charge in [-0.25, -0.2) is 0 Å². The van der Waals surface area contributed by atoms with E-state index in [0.717, 1.165) is 0 Å². The first-order valence-electron chi connectivity index (χ1n) is 24.2. The number of rotatable bonds is 8. The molecule has 8 rings (SSSR count). The molecule has 0 saturated heterocycles. The molecule has 2 atom stereocenters. The first-order chi connectivity index (χ1) is 28.3. The van der Waals surface area contributed by atoms with Crippen molar-refractivity contribution in [2.75, 3.05) is 0 Å². The molecule has 0 N–H and O–H groups in total. The molecule has 2 saturated carbocycles. The number of halogens is 2. The summed E-state index contributed by atoms with van der Waals surface area (Å²) in [6, 6.07) is 33.6. The van der Waals surface area contributed by atoms with Crippen molar-refractivity contribution in [1.82, 2.24) is 0 Å². The molecular formula is C58H80Cl2SiZr. The average Bonchev–Trinajstić information content (AvgIpc) is 3.57. The number of allylic oxidation sites excluding steroid dienone is 2. The SMILES string of the molecule is CC1(CC2=Cc3c(-c4ccccc4C(C)(C)C)cccc3[CH]2[Zr]([CH3])([CH3])(=[SiH2])[CH]2C(CC3(C)CCCCCC3)=Cc3c(-c4ccccc4C(C)(C)C)cccc32)CCCCCC1.Cl.Cl. The Morgan fingerprint density at radius 1 is 0.484 bits per heavy atom. The Balaban J connectivity index is 0.00000321. The third kappa shape index (κ3) is 9.63. The molecule has 2 fully saturated rings. The zero-order valence-electron chi connectivity index (χ0n) is 40.3. The van der Waals surface area contributed by atoms with Gasteiger partial charge in [0, 0.05) is 0 Å². The van der Waals surface area contributed by atoms with Crippen LogP contribution in [0.3, 0.4) is 0 Å². The molecule has 0 heterocycles. The van der Waals surface area contributed by atoms with Crippen LogP contribution in [0.1, 0.15) is 186 Å². The van der Waals surface area contributed by atoms with Crippen molar-refractivity contribution in [1.29, 1.82) is 0 Å². The minimum absolute atomic E-state index is 0. The van der Waals surface area contributed by atoms with Crippen LogP contribution in [0.15, 0.2) is 96.1 Å². The van der Waals surface area contributed by atoms with E-state index in [1.54, 1.807) is 22.3 Å². The third-order valence-electron chi connectivity index (χ3n) is 16.1. The van der Waals surface area contributed by atoms with Gasteiger partial charge in [-0.3, -0.25) is 0 Å². The van der Waals surface area contributed by atoms with Gasteiger partial charge in [0.25, 0.3) is 0 Å². The maximum Gasteiger partial charge on any atom is -0.147 e. The molecule has 4 heteroatoms. The molecule has 62 heavy (non-hydrogen) atoms. The fraction of sp³-hybridized carbons (Fsp3) is 0.517. The molecule has 0 radical (unpaired) electrons. The van der Waals surface area contributed by atoms with E-state index in [-0.39, 0.29) is 35.6 Å². The van der Waals surface area contributed by atoms with Gasteiger partial charge >= 0.3 is 372 Å². The van der Waals surface area contributed by atoms with Gasteiger partial charge in [-0.2, -0.15) is 0 Å². The molecule has 4 aliphatic carbocycles. The molecule has 0 bridgehead atoms. The van der Waals surface area contributed by atoms with Gasteiger partial charge < -0.3 is 0 Å². The third-order valence-corrected chi connectivity index (χ3v) is 33.6. The smallest absolute Gasteiger partial charge is 0.147 e. The van der Waals surface area contributed by atoms with Gasteiger partial charge in [-0.05, 0) is 0 Å². The monoisotopic (exact) mass is 964 g/mol. The van der Waals surface area contributed by atoms with E-state index in [1.807, 2.05) is 0 Å². The molecule has 0 aromatic heterocycles.